The van der Waals surface area contributed by atoms with Crippen molar-refractivity contribution in [3.63, 3.8) is 0 Å². The lowest BCUT2D eigenvalue weighted by molar-refractivity contribution is 0.235. The number of hydrogen-bond acceptors (Lipinski definition) is 13. The molecule has 0 N–H and O–H groups in total. The second-order valence-electron chi connectivity index (χ2n) is 14.4. The van der Waals surface area contributed by atoms with Crippen molar-refractivity contribution >= 4 is 76.2 Å². The standard InChI is InChI=1S/C45H32N10O9/c1-26-9-12-32(18-36(26)47-22-57)52-41(60)50(31-15-16-35(46-21-56)29(4)17-31)25-51(42(52)61)39-7-6-8-40(30(39)5)55-44(63)53(33-13-10-27(2)37(19-33)48-23-58)43(62)54(45(55)64)34-14-11-28(3)38(20-34)49-24-59/h6-20H,25H2,1-5H3. The maximum Gasteiger partial charge on any atom is 0.345 e. The molecular formula is C45H32N10O9. The molecule has 0 spiro atoms. The zero-order valence-electron chi connectivity index (χ0n) is 34.5. The van der Waals surface area contributed by atoms with Gasteiger partial charge >= 0.3 is 29.1 Å². The zero-order chi connectivity index (χ0) is 46.0. The number of amides is 4. The Balaban J connectivity index is 1.49. The SMILES string of the molecule is Cc1cc(N2CN(c3cccc(-n4c(=O)n(-c5ccc(C)c(N=C=O)c5)c(=O)n(-c5ccc(C)c(N=C=O)c5)c4=O)c3C)C(=O)N(c3ccc(C)c(N=C=O)c3)C2=O)ccc1N=C=O. The number of benzene rings is 5. The van der Waals surface area contributed by atoms with Crippen molar-refractivity contribution < 1.29 is 28.8 Å². The number of urea groups is 2. The molecule has 1 aromatic heterocycles. The van der Waals surface area contributed by atoms with Crippen LogP contribution in [0.1, 0.15) is 27.8 Å². The molecule has 1 fully saturated rings. The van der Waals surface area contributed by atoms with Gasteiger partial charge in [-0.05, 0) is 129 Å². The van der Waals surface area contributed by atoms with Gasteiger partial charge in [-0.1, -0.05) is 24.3 Å². The van der Waals surface area contributed by atoms with E-state index in [-0.39, 0.29) is 51.1 Å². The Morgan fingerprint density at radius 3 is 1.34 bits per heavy atom. The Morgan fingerprint density at radius 2 is 0.844 bits per heavy atom. The van der Waals surface area contributed by atoms with Gasteiger partial charge in [0.25, 0.3) is 0 Å². The highest BCUT2D eigenvalue weighted by atomic mass is 16.2. The molecule has 2 heterocycles. The maximum absolute atomic E-state index is 14.7. The van der Waals surface area contributed by atoms with Gasteiger partial charge in [-0.25, -0.2) is 61.8 Å². The minimum absolute atomic E-state index is 0.0379. The van der Waals surface area contributed by atoms with Crippen LogP contribution in [0.15, 0.2) is 125 Å². The Morgan fingerprint density at radius 1 is 0.422 bits per heavy atom. The van der Waals surface area contributed by atoms with Crippen molar-refractivity contribution in [3.8, 4) is 17.1 Å². The second kappa shape index (κ2) is 17.4. The van der Waals surface area contributed by atoms with Crippen LogP contribution in [0.5, 0.6) is 0 Å². The van der Waals surface area contributed by atoms with Crippen molar-refractivity contribution in [2.45, 2.75) is 34.6 Å². The van der Waals surface area contributed by atoms with Crippen LogP contribution in [0, 0.1) is 34.6 Å². The van der Waals surface area contributed by atoms with Crippen LogP contribution in [0.25, 0.3) is 17.1 Å². The van der Waals surface area contributed by atoms with E-state index in [2.05, 4.69) is 20.0 Å². The van der Waals surface area contributed by atoms with E-state index in [0.29, 0.717) is 42.8 Å². The predicted molar refractivity (Wildman–Crippen MR) is 234 cm³/mol. The van der Waals surface area contributed by atoms with E-state index in [9.17, 15) is 43.2 Å². The molecule has 4 amide bonds. The molecule has 0 aliphatic carbocycles. The van der Waals surface area contributed by atoms with E-state index in [1.807, 2.05) is 0 Å². The molecule has 5 aromatic carbocycles. The van der Waals surface area contributed by atoms with Crippen LogP contribution in [0.4, 0.5) is 49.4 Å². The normalized spacial score (nSPS) is 12.2. The van der Waals surface area contributed by atoms with Crippen LogP contribution in [-0.4, -0.2) is 56.8 Å². The van der Waals surface area contributed by atoms with Crippen LogP contribution in [0.3, 0.4) is 0 Å². The van der Waals surface area contributed by atoms with Gasteiger partial charge in [0.2, 0.25) is 24.3 Å². The fourth-order valence-electron chi connectivity index (χ4n) is 7.22. The lowest BCUT2D eigenvalue weighted by atomic mass is 10.1. The number of carbonyl (C=O) groups is 2. The summed E-state index contributed by atoms with van der Waals surface area (Å²) in [5, 5.41) is 0. The zero-order valence-corrected chi connectivity index (χ0v) is 34.5. The van der Waals surface area contributed by atoms with Crippen molar-refractivity contribution in [2.75, 3.05) is 21.4 Å². The Kier molecular flexibility index (Phi) is 11.7. The number of imide groups is 1. The first-order chi connectivity index (χ1) is 30.7. The summed E-state index contributed by atoms with van der Waals surface area (Å²) < 4.78 is 2.12. The molecule has 0 bridgehead atoms. The fourth-order valence-corrected chi connectivity index (χ4v) is 7.22. The number of hydrogen-bond donors (Lipinski definition) is 0. The van der Waals surface area contributed by atoms with Crippen molar-refractivity contribution in [3.05, 3.63) is 150 Å². The third kappa shape index (κ3) is 7.56. The minimum atomic E-state index is -1.14. The molecule has 64 heavy (non-hydrogen) atoms. The van der Waals surface area contributed by atoms with Crippen molar-refractivity contribution in [1.29, 1.82) is 0 Å². The first-order valence-corrected chi connectivity index (χ1v) is 19.0. The average Bonchev–Trinajstić information content (AvgIpc) is 3.26. The maximum atomic E-state index is 14.7. The molecule has 1 saturated heterocycles. The number of isocyanates is 4. The van der Waals surface area contributed by atoms with E-state index in [1.165, 1.54) is 120 Å². The molecule has 0 unspecified atom stereocenters. The first kappa shape index (κ1) is 42.9. The molecule has 1 aliphatic heterocycles. The van der Waals surface area contributed by atoms with Crippen LogP contribution < -0.4 is 31.8 Å². The smallest absolute Gasteiger partial charge is 0.275 e. The van der Waals surface area contributed by atoms with E-state index in [4.69, 9.17) is 0 Å². The van der Waals surface area contributed by atoms with E-state index in [1.54, 1.807) is 39.8 Å². The summed E-state index contributed by atoms with van der Waals surface area (Å²) in [4.78, 5) is 136. The molecule has 316 valence electrons. The monoisotopic (exact) mass is 856 g/mol. The highest BCUT2D eigenvalue weighted by Gasteiger charge is 2.41. The minimum Gasteiger partial charge on any atom is -0.275 e. The molecule has 0 saturated carbocycles. The largest absolute Gasteiger partial charge is 0.345 e. The van der Waals surface area contributed by atoms with Gasteiger partial charge in [-0.15, -0.1) is 0 Å². The first-order valence-electron chi connectivity index (χ1n) is 19.0. The van der Waals surface area contributed by atoms with Crippen LogP contribution >= 0.6 is 0 Å². The van der Waals surface area contributed by atoms with E-state index < -0.39 is 35.8 Å². The van der Waals surface area contributed by atoms with Gasteiger partial charge in [0.1, 0.15) is 6.67 Å². The molecule has 7 rings (SSSR count). The molecule has 1 aliphatic rings. The number of carbonyl (C=O) groups excluding carboxylic acids is 6. The molecule has 19 nitrogen and oxygen atoms in total. The number of aliphatic imine (C=N–C) groups is 4. The number of rotatable bonds is 10. The third-order valence-electron chi connectivity index (χ3n) is 10.6. The molecular weight excluding hydrogens is 825 g/mol. The van der Waals surface area contributed by atoms with Gasteiger partial charge in [0.05, 0.1) is 51.2 Å². The van der Waals surface area contributed by atoms with Crippen LogP contribution in [-0.2, 0) is 19.2 Å². The number of aromatic nitrogens is 3. The summed E-state index contributed by atoms with van der Waals surface area (Å²) in [6.45, 7) is 7.74. The number of aryl methyl sites for hydroxylation is 4. The van der Waals surface area contributed by atoms with Gasteiger partial charge in [0.15, 0.2) is 0 Å². The second-order valence-corrected chi connectivity index (χ2v) is 14.4. The fraction of sp³-hybridized carbons (Fsp3) is 0.133. The van der Waals surface area contributed by atoms with Crippen molar-refractivity contribution in [2.24, 2.45) is 20.0 Å². The highest BCUT2D eigenvalue weighted by molar-refractivity contribution is 6.26. The molecule has 6 aromatic rings. The van der Waals surface area contributed by atoms with Gasteiger partial charge in [-0.2, -0.15) is 20.0 Å². The number of nitrogens with zero attached hydrogens (tertiary/aromatic N) is 10. The predicted octanol–water partition coefficient (Wildman–Crippen LogP) is 6.58. The average molecular weight is 857 g/mol. The van der Waals surface area contributed by atoms with Gasteiger partial charge < -0.3 is 0 Å². The molecule has 0 atom stereocenters. The summed E-state index contributed by atoms with van der Waals surface area (Å²) in [6, 6.07) is 20.2. The summed E-state index contributed by atoms with van der Waals surface area (Å²) in [7, 11) is 0. The quantitative estimate of drug-likeness (QED) is 0.107. The summed E-state index contributed by atoms with van der Waals surface area (Å²) in [6.07, 6.45) is 5.86. The van der Waals surface area contributed by atoms with E-state index >= 15 is 0 Å². The lowest BCUT2D eigenvalue weighted by Crippen LogP contribution is -2.62. The Hall–Kier alpha value is -9.23. The Bertz CT molecular complexity index is 3270. The molecule has 0 radical (unpaired) electrons. The Labute approximate surface area is 361 Å². The van der Waals surface area contributed by atoms with Gasteiger partial charge in [-0.3, -0.25) is 9.80 Å². The third-order valence-corrected chi connectivity index (χ3v) is 10.6. The summed E-state index contributed by atoms with van der Waals surface area (Å²) in [5.74, 6) is 0. The van der Waals surface area contributed by atoms with Crippen molar-refractivity contribution in [1.82, 2.24) is 13.7 Å². The number of anilines is 3. The molecule has 19 heteroatoms. The van der Waals surface area contributed by atoms with Gasteiger partial charge in [0, 0.05) is 5.69 Å². The highest BCUT2D eigenvalue weighted by Crippen LogP contribution is 2.36. The summed E-state index contributed by atoms with van der Waals surface area (Å²) >= 11 is 0. The topological polar surface area (TPSA) is 228 Å². The van der Waals surface area contributed by atoms with E-state index in [0.717, 1.165) is 9.47 Å². The lowest BCUT2D eigenvalue weighted by Gasteiger charge is -2.41. The summed E-state index contributed by atoms with van der Waals surface area (Å²) in [5.41, 5.74) is -0.334. The van der Waals surface area contributed by atoms with Crippen LogP contribution in [0.2, 0.25) is 0 Å².